The molecule has 2 atom stereocenters. The number of anilines is 1. The fourth-order valence-corrected chi connectivity index (χ4v) is 3.02. The van der Waals surface area contributed by atoms with Crippen molar-refractivity contribution in [2.24, 2.45) is 0 Å². The molecule has 0 radical (unpaired) electrons. The molecule has 1 aliphatic rings. The van der Waals surface area contributed by atoms with E-state index in [1.54, 1.807) is 12.1 Å². The highest BCUT2D eigenvalue weighted by Crippen LogP contribution is 2.20. The van der Waals surface area contributed by atoms with Gasteiger partial charge in [-0.25, -0.2) is 4.79 Å². The highest BCUT2D eigenvalue weighted by molar-refractivity contribution is 6.06. The number of nitrogens with one attached hydrogen (secondary N) is 3. The van der Waals surface area contributed by atoms with Crippen molar-refractivity contribution in [1.29, 1.82) is 0 Å². The minimum absolute atomic E-state index is 0.138. The predicted molar refractivity (Wildman–Crippen MR) is 102 cm³/mol. The van der Waals surface area contributed by atoms with Gasteiger partial charge in [-0.3, -0.25) is 19.7 Å². The van der Waals surface area contributed by atoms with Crippen LogP contribution in [0.4, 0.5) is 10.5 Å². The second kappa shape index (κ2) is 9.63. The van der Waals surface area contributed by atoms with Crippen molar-refractivity contribution >= 4 is 35.7 Å². The first-order valence-corrected chi connectivity index (χ1v) is 9.08. The Morgan fingerprint density at radius 2 is 2.00 bits per heavy atom. The van der Waals surface area contributed by atoms with Crippen LogP contribution in [0.1, 0.15) is 31.7 Å². The summed E-state index contributed by atoms with van der Waals surface area (Å²) in [5.74, 6) is -1.53. The summed E-state index contributed by atoms with van der Waals surface area (Å²) in [5, 5.41) is 7.03. The number of hydrogen-bond donors (Lipinski definition) is 3. The molecule has 1 aromatic rings. The van der Waals surface area contributed by atoms with Gasteiger partial charge in [0.1, 0.15) is 18.4 Å². The molecule has 1 saturated heterocycles. The molecule has 1 aromatic carbocycles. The number of carbonyl (C=O) groups is 5. The SMILES string of the molecule is CCC[C@H](NC(=O)CC1NC(=O)NC1=O)C(=O)N(CC=O)c1ccccc1C. The molecule has 1 fully saturated rings. The zero-order valence-corrected chi connectivity index (χ0v) is 15.9. The maximum atomic E-state index is 13.1. The average molecular weight is 388 g/mol. The van der Waals surface area contributed by atoms with Gasteiger partial charge in [-0.05, 0) is 25.0 Å². The van der Waals surface area contributed by atoms with Gasteiger partial charge >= 0.3 is 6.03 Å². The van der Waals surface area contributed by atoms with Crippen molar-refractivity contribution in [2.75, 3.05) is 11.4 Å². The van der Waals surface area contributed by atoms with Crippen molar-refractivity contribution in [3.8, 4) is 0 Å². The van der Waals surface area contributed by atoms with Crippen LogP contribution >= 0.6 is 0 Å². The number of para-hydroxylation sites is 1. The maximum Gasteiger partial charge on any atom is 0.322 e. The van der Waals surface area contributed by atoms with Crippen LogP contribution in [0.3, 0.4) is 0 Å². The molecular formula is C19H24N4O5. The van der Waals surface area contributed by atoms with Crippen molar-refractivity contribution in [3.63, 3.8) is 0 Å². The molecule has 1 unspecified atom stereocenters. The van der Waals surface area contributed by atoms with Crippen LogP contribution < -0.4 is 20.9 Å². The molecule has 0 bridgehead atoms. The third kappa shape index (κ3) is 5.15. The standard InChI is InChI=1S/C19H24N4O5/c1-3-6-13(20-16(25)11-14-17(26)22-19(28)21-14)18(27)23(9-10-24)15-8-5-4-7-12(15)2/h4-5,7-8,10,13-14H,3,6,9,11H2,1-2H3,(H,20,25)(H2,21,22,26,28)/t13-,14?/m0/s1. The van der Waals surface area contributed by atoms with E-state index in [2.05, 4.69) is 16.0 Å². The number of carbonyl (C=O) groups excluding carboxylic acids is 5. The lowest BCUT2D eigenvalue weighted by atomic mass is 10.1. The summed E-state index contributed by atoms with van der Waals surface area (Å²) < 4.78 is 0. The lowest BCUT2D eigenvalue weighted by Crippen LogP contribution is -2.50. The van der Waals surface area contributed by atoms with Crippen molar-refractivity contribution < 1.29 is 24.0 Å². The zero-order valence-electron chi connectivity index (χ0n) is 15.9. The first-order chi connectivity index (χ1) is 13.4. The Balaban J connectivity index is 2.13. The topological polar surface area (TPSA) is 125 Å². The quantitative estimate of drug-likeness (QED) is 0.417. The Bertz CT molecular complexity index is 779. The molecular weight excluding hydrogens is 364 g/mol. The van der Waals surface area contributed by atoms with Crippen LogP contribution in [0, 0.1) is 6.92 Å². The van der Waals surface area contributed by atoms with Crippen LogP contribution in [0.15, 0.2) is 24.3 Å². The number of benzene rings is 1. The summed E-state index contributed by atoms with van der Waals surface area (Å²) in [6.45, 7) is 3.56. The number of hydrogen-bond acceptors (Lipinski definition) is 5. The molecule has 2 rings (SSSR count). The number of nitrogens with zero attached hydrogens (tertiary/aromatic N) is 1. The lowest BCUT2D eigenvalue weighted by molar-refractivity contribution is -0.129. The number of amides is 5. The number of urea groups is 1. The lowest BCUT2D eigenvalue weighted by Gasteiger charge is -2.27. The average Bonchev–Trinajstić information content (AvgIpc) is 2.96. The normalized spacial score (nSPS) is 16.7. The molecule has 150 valence electrons. The van der Waals surface area contributed by atoms with Crippen molar-refractivity contribution in [3.05, 3.63) is 29.8 Å². The summed E-state index contributed by atoms with van der Waals surface area (Å²) in [6.07, 6.45) is 1.35. The van der Waals surface area contributed by atoms with Crippen LogP contribution in [0.2, 0.25) is 0 Å². The van der Waals surface area contributed by atoms with Crippen molar-refractivity contribution in [2.45, 2.75) is 45.2 Å². The maximum absolute atomic E-state index is 13.1. The summed E-state index contributed by atoms with van der Waals surface area (Å²) in [5.41, 5.74) is 1.42. The van der Waals surface area contributed by atoms with E-state index in [-0.39, 0.29) is 13.0 Å². The third-order valence-corrected chi connectivity index (χ3v) is 4.39. The molecule has 0 spiro atoms. The van der Waals surface area contributed by atoms with E-state index in [0.717, 1.165) is 5.56 Å². The fourth-order valence-electron chi connectivity index (χ4n) is 3.02. The van der Waals surface area contributed by atoms with E-state index in [1.807, 2.05) is 26.0 Å². The van der Waals surface area contributed by atoms with E-state index in [1.165, 1.54) is 4.90 Å². The van der Waals surface area contributed by atoms with Crippen molar-refractivity contribution in [1.82, 2.24) is 16.0 Å². The molecule has 1 heterocycles. The Hall–Kier alpha value is -3.23. The van der Waals surface area contributed by atoms with E-state index >= 15 is 0 Å². The predicted octanol–water partition coefficient (Wildman–Crippen LogP) is 0.410. The molecule has 0 aliphatic carbocycles. The molecule has 1 aliphatic heterocycles. The fraction of sp³-hybridized carbons (Fsp3) is 0.421. The first kappa shape index (κ1) is 21.1. The Kier molecular flexibility index (Phi) is 7.25. The van der Waals surface area contributed by atoms with Gasteiger partial charge in [-0.2, -0.15) is 0 Å². The van der Waals surface area contributed by atoms with Crippen LogP contribution in [0.5, 0.6) is 0 Å². The van der Waals surface area contributed by atoms with Crippen LogP contribution in [-0.4, -0.2) is 48.7 Å². The minimum Gasteiger partial charge on any atom is -0.344 e. The van der Waals surface area contributed by atoms with E-state index in [4.69, 9.17) is 0 Å². The highest BCUT2D eigenvalue weighted by atomic mass is 16.2. The largest absolute Gasteiger partial charge is 0.344 e. The number of aryl methyl sites for hydroxylation is 1. The van der Waals surface area contributed by atoms with Gasteiger partial charge in [-0.15, -0.1) is 0 Å². The van der Waals surface area contributed by atoms with Crippen LogP contribution in [0.25, 0.3) is 0 Å². The molecule has 9 heteroatoms. The number of imide groups is 1. The first-order valence-electron chi connectivity index (χ1n) is 9.08. The Morgan fingerprint density at radius 3 is 2.57 bits per heavy atom. The Labute approximate surface area is 162 Å². The Morgan fingerprint density at radius 1 is 1.29 bits per heavy atom. The van der Waals surface area contributed by atoms with E-state index in [9.17, 15) is 24.0 Å². The summed E-state index contributed by atoms with van der Waals surface area (Å²) in [6, 6.07) is 4.69. The molecule has 0 aromatic heterocycles. The number of rotatable bonds is 9. The smallest absolute Gasteiger partial charge is 0.322 e. The summed E-state index contributed by atoms with van der Waals surface area (Å²) in [7, 11) is 0. The van der Waals surface area contributed by atoms with Gasteiger partial charge in [-0.1, -0.05) is 31.5 Å². The van der Waals surface area contributed by atoms with Gasteiger partial charge in [0.05, 0.1) is 13.0 Å². The second-order valence-corrected chi connectivity index (χ2v) is 6.53. The molecule has 9 nitrogen and oxygen atoms in total. The summed E-state index contributed by atoms with van der Waals surface area (Å²) >= 11 is 0. The number of aldehydes is 1. The molecule has 28 heavy (non-hydrogen) atoms. The molecule has 0 saturated carbocycles. The van der Waals surface area contributed by atoms with E-state index < -0.39 is 35.8 Å². The summed E-state index contributed by atoms with van der Waals surface area (Å²) in [4.78, 5) is 60.6. The second-order valence-electron chi connectivity index (χ2n) is 6.53. The van der Waals surface area contributed by atoms with Gasteiger partial charge in [0.2, 0.25) is 11.8 Å². The minimum atomic E-state index is -0.965. The zero-order chi connectivity index (χ0) is 20.7. The molecule has 3 N–H and O–H groups in total. The molecule has 5 amide bonds. The van der Waals surface area contributed by atoms with Gasteiger partial charge in [0.25, 0.3) is 5.91 Å². The highest BCUT2D eigenvalue weighted by Gasteiger charge is 2.33. The monoisotopic (exact) mass is 388 g/mol. The third-order valence-electron chi connectivity index (χ3n) is 4.39. The van der Waals surface area contributed by atoms with Crippen LogP contribution in [-0.2, 0) is 19.2 Å². The van der Waals surface area contributed by atoms with Gasteiger partial charge in [0, 0.05) is 5.69 Å². The van der Waals surface area contributed by atoms with Gasteiger partial charge < -0.3 is 20.3 Å². The van der Waals surface area contributed by atoms with E-state index in [0.29, 0.717) is 24.8 Å². The van der Waals surface area contributed by atoms with Gasteiger partial charge in [0.15, 0.2) is 0 Å².